The average molecular weight is 498 g/mol. The number of aromatic nitrogens is 2. The summed E-state index contributed by atoms with van der Waals surface area (Å²) in [7, 11) is 1.77. The van der Waals surface area contributed by atoms with Gasteiger partial charge in [-0.15, -0.1) is 24.0 Å². The van der Waals surface area contributed by atoms with Gasteiger partial charge in [0.1, 0.15) is 6.54 Å². The summed E-state index contributed by atoms with van der Waals surface area (Å²) in [6, 6.07) is 9.59. The van der Waals surface area contributed by atoms with Crippen molar-refractivity contribution in [3.05, 3.63) is 48.3 Å². The van der Waals surface area contributed by atoms with Crippen molar-refractivity contribution in [3.63, 3.8) is 0 Å². The van der Waals surface area contributed by atoms with Crippen LogP contribution in [0.15, 0.2) is 47.7 Å². The average Bonchev–Trinajstić information content (AvgIpc) is 3.18. The van der Waals surface area contributed by atoms with E-state index >= 15 is 0 Å². The van der Waals surface area contributed by atoms with Gasteiger partial charge in [-0.1, -0.05) is 38.8 Å². The summed E-state index contributed by atoms with van der Waals surface area (Å²) < 4.78 is 1.59. The van der Waals surface area contributed by atoms with Gasteiger partial charge >= 0.3 is 0 Å². The fourth-order valence-corrected chi connectivity index (χ4v) is 2.73. The van der Waals surface area contributed by atoms with E-state index in [9.17, 15) is 4.79 Å². The Morgan fingerprint density at radius 2 is 2.00 bits per heavy atom. The molecule has 0 atom stereocenters. The summed E-state index contributed by atoms with van der Waals surface area (Å²) in [6.45, 7) is 6.15. The van der Waals surface area contributed by atoms with E-state index in [1.165, 1.54) is 0 Å². The smallest absolute Gasteiger partial charge is 0.246 e. The lowest BCUT2D eigenvalue weighted by atomic mass is 10.0. The molecular weight excluding hydrogens is 467 g/mol. The fourth-order valence-electron chi connectivity index (χ4n) is 2.73. The molecule has 28 heavy (non-hydrogen) atoms. The summed E-state index contributed by atoms with van der Waals surface area (Å²) in [5, 5.41) is 13.6. The van der Waals surface area contributed by atoms with Gasteiger partial charge in [0.2, 0.25) is 5.91 Å². The minimum atomic E-state index is -0.105. The number of aliphatic imine (C=N–C) groups is 1. The fraction of sp³-hybridized carbons (Fsp3) is 0.450. The number of amides is 1. The third-order valence-corrected chi connectivity index (χ3v) is 4.47. The maximum atomic E-state index is 12.1. The minimum absolute atomic E-state index is 0. The molecule has 0 aliphatic heterocycles. The standard InChI is InChI=1S/C20H30N6O.HI/c1-4-16(5-2)13-22-20(21-3)23-14-17-8-6-9-18(12-17)25-19(27)15-26-11-7-10-24-26;/h6-12,16H,4-5,13-15H2,1-3H3,(H,25,27)(H2,21,22,23);1H. The summed E-state index contributed by atoms with van der Waals surface area (Å²) in [4.78, 5) is 16.4. The lowest BCUT2D eigenvalue weighted by Gasteiger charge is -2.17. The number of anilines is 1. The summed E-state index contributed by atoms with van der Waals surface area (Å²) in [5.41, 5.74) is 1.84. The predicted octanol–water partition coefficient (Wildman–Crippen LogP) is 3.24. The molecule has 1 heterocycles. The molecule has 1 amide bonds. The number of nitrogens with zero attached hydrogens (tertiary/aromatic N) is 3. The molecule has 8 heteroatoms. The van der Waals surface area contributed by atoms with Crippen LogP contribution in [0.4, 0.5) is 5.69 Å². The lowest BCUT2D eigenvalue weighted by molar-refractivity contribution is -0.116. The number of carbonyl (C=O) groups is 1. The molecule has 1 aromatic carbocycles. The van der Waals surface area contributed by atoms with Gasteiger partial charge in [-0.25, -0.2) is 0 Å². The third-order valence-electron chi connectivity index (χ3n) is 4.47. The van der Waals surface area contributed by atoms with Crippen LogP contribution in [0.25, 0.3) is 0 Å². The molecule has 0 bridgehead atoms. The number of nitrogens with one attached hydrogen (secondary N) is 3. The number of hydrogen-bond acceptors (Lipinski definition) is 3. The van der Waals surface area contributed by atoms with Gasteiger partial charge in [-0.05, 0) is 29.7 Å². The highest BCUT2D eigenvalue weighted by molar-refractivity contribution is 14.0. The Kier molecular flexibility index (Phi) is 11.2. The largest absolute Gasteiger partial charge is 0.356 e. The van der Waals surface area contributed by atoms with Crippen molar-refractivity contribution >= 4 is 41.5 Å². The molecule has 0 saturated carbocycles. The molecular formula is C20H31IN6O. The van der Waals surface area contributed by atoms with E-state index in [-0.39, 0.29) is 36.4 Å². The molecule has 1 aromatic heterocycles. The maximum absolute atomic E-state index is 12.1. The Morgan fingerprint density at radius 1 is 1.21 bits per heavy atom. The van der Waals surface area contributed by atoms with Crippen LogP contribution in [0.3, 0.4) is 0 Å². The molecule has 0 spiro atoms. The Morgan fingerprint density at radius 3 is 2.64 bits per heavy atom. The van der Waals surface area contributed by atoms with Crippen molar-refractivity contribution in [1.82, 2.24) is 20.4 Å². The number of halogens is 1. The first-order valence-electron chi connectivity index (χ1n) is 9.45. The first-order chi connectivity index (χ1) is 13.1. The van der Waals surface area contributed by atoms with Crippen molar-refractivity contribution in [2.45, 2.75) is 39.8 Å². The maximum Gasteiger partial charge on any atom is 0.246 e. The molecule has 0 radical (unpaired) electrons. The normalized spacial score (nSPS) is 11.1. The Bertz CT molecular complexity index is 728. The first-order valence-corrected chi connectivity index (χ1v) is 9.45. The van der Waals surface area contributed by atoms with E-state index in [1.54, 1.807) is 30.2 Å². The zero-order chi connectivity index (χ0) is 19.5. The van der Waals surface area contributed by atoms with Gasteiger partial charge in [-0.3, -0.25) is 14.5 Å². The van der Waals surface area contributed by atoms with E-state index < -0.39 is 0 Å². The molecule has 2 rings (SSSR count). The monoisotopic (exact) mass is 498 g/mol. The van der Waals surface area contributed by atoms with Gasteiger partial charge in [0.25, 0.3) is 0 Å². The molecule has 154 valence electrons. The first kappa shape index (κ1) is 23.9. The highest BCUT2D eigenvalue weighted by Crippen LogP contribution is 2.11. The van der Waals surface area contributed by atoms with Crippen molar-refractivity contribution in [1.29, 1.82) is 0 Å². The number of rotatable bonds is 9. The molecule has 0 aliphatic rings. The SMILES string of the molecule is CCC(CC)CNC(=NC)NCc1cccc(NC(=O)Cn2cccn2)c1.I. The molecule has 0 aliphatic carbocycles. The highest BCUT2D eigenvalue weighted by Gasteiger charge is 2.06. The van der Waals surface area contributed by atoms with Crippen molar-refractivity contribution in [2.75, 3.05) is 18.9 Å². The molecule has 3 N–H and O–H groups in total. The Balaban J connectivity index is 0.00000392. The molecule has 7 nitrogen and oxygen atoms in total. The summed E-state index contributed by atoms with van der Waals surface area (Å²) in [6.07, 6.45) is 5.73. The second kappa shape index (κ2) is 13.1. The zero-order valence-corrected chi connectivity index (χ0v) is 19.1. The van der Waals surface area contributed by atoms with Crippen LogP contribution in [0.5, 0.6) is 0 Å². The van der Waals surface area contributed by atoms with Crippen molar-refractivity contribution in [3.8, 4) is 0 Å². The van der Waals surface area contributed by atoms with Gasteiger partial charge in [0, 0.05) is 38.2 Å². The predicted molar refractivity (Wildman–Crippen MR) is 125 cm³/mol. The van der Waals surface area contributed by atoms with Crippen molar-refractivity contribution in [2.24, 2.45) is 10.9 Å². The van der Waals surface area contributed by atoms with Gasteiger partial charge < -0.3 is 16.0 Å². The number of guanidine groups is 1. The second-order valence-corrected chi connectivity index (χ2v) is 6.44. The quantitative estimate of drug-likeness (QED) is 0.282. The summed E-state index contributed by atoms with van der Waals surface area (Å²) in [5.74, 6) is 1.33. The van der Waals surface area contributed by atoms with E-state index in [0.29, 0.717) is 12.5 Å². The Hall–Kier alpha value is -2.10. The van der Waals surface area contributed by atoms with E-state index in [2.05, 4.69) is 39.9 Å². The Labute approximate surface area is 184 Å². The molecule has 0 unspecified atom stereocenters. The highest BCUT2D eigenvalue weighted by atomic mass is 127. The molecule has 0 fully saturated rings. The van der Waals surface area contributed by atoms with Crippen LogP contribution < -0.4 is 16.0 Å². The number of hydrogen-bond donors (Lipinski definition) is 3. The van der Waals surface area contributed by atoms with Crippen LogP contribution in [0.1, 0.15) is 32.3 Å². The van der Waals surface area contributed by atoms with Crippen LogP contribution in [0.2, 0.25) is 0 Å². The summed E-state index contributed by atoms with van der Waals surface area (Å²) >= 11 is 0. The van der Waals surface area contributed by atoms with Crippen LogP contribution in [-0.2, 0) is 17.9 Å². The van der Waals surface area contributed by atoms with Gasteiger partial charge in [0.05, 0.1) is 0 Å². The van der Waals surface area contributed by atoms with Crippen LogP contribution in [0, 0.1) is 5.92 Å². The van der Waals surface area contributed by atoms with Crippen LogP contribution >= 0.6 is 24.0 Å². The van der Waals surface area contributed by atoms with E-state index in [4.69, 9.17) is 0 Å². The van der Waals surface area contributed by atoms with E-state index in [0.717, 1.165) is 36.6 Å². The van der Waals surface area contributed by atoms with Gasteiger partial charge in [0.15, 0.2) is 5.96 Å². The molecule has 0 saturated heterocycles. The van der Waals surface area contributed by atoms with Crippen LogP contribution in [-0.4, -0.2) is 35.2 Å². The van der Waals surface area contributed by atoms with E-state index in [1.807, 2.05) is 24.3 Å². The topological polar surface area (TPSA) is 83.3 Å². The minimum Gasteiger partial charge on any atom is -0.356 e. The second-order valence-electron chi connectivity index (χ2n) is 6.44. The lowest BCUT2D eigenvalue weighted by Crippen LogP contribution is -2.39. The number of benzene rings is 1. The third kappa shape index (κ3) is 8.28. The van der Waals surface area contributed by atoms with Gasteiger partial charge in [-0.2, -0.15) is 5.10 Å². The number of carbonyl (C=O) groups excluding carboxylic acids is 1. The zero-order valence-electron chi connectivity index (χ0n) is 16.8. The van der Waals surface area contributed by atoms with Crippen molar-refractivity contribution < 1.29 is 4.79 Å². The molecule has 2 aromatic rings.